The molecule has 1 aliphatic heterocycles. The molecule has 126 valence electrons. The fraction of sp³-hybridized carbons (Fsp3) is 0.350. The average Bonchev–Trinajstić information content (AvgIpc) is 2.67. The SMILES string of the molecule is O=C(N[C@@H](c1ccccc1)C1CCOCC1)[C@H](O)c1ccccc1. The van der Waals surface area contributed by atoms with Crippen molar-refractivity contribution in [2.45, 2.75) is 25.0 Å². The first kappa shape index (κ1) is 16.7. The van der Waals surface area contributed by atoms with Gasteiger partial charge < -0.3 is 15.2 Å². The molecule has 0 unspecified atom stereocenters. The van der Waals surface area contributed by atoms with E-state index in [1.165, 1.54) is 0 Å². The molecule has 4 nitrogen and oxygen atoms in total. The van der Waals surface area contributed by atoms with Gasteiger partial charge in [0.05, 0.1) is 6.04 Å². The number of amides is 1. The third-order valence-electron chi connectivity index (χ3n) is 4.56. The van der Waals surface area contributed by atoms with E-state index < -0.39 is 6.10 Å². The van der Waals surface area contributed by atoms with Crippen LogP contribution in [0.5, 0.6) is 0 Å². The first-order valence-electron chi connectivity index (χ1n) is 8.42. The van der Waals surface area contributed by atoms with Crippen LogP contribution < -0.4 is 5.32 Å². The van der Waals surface area contributed by atoms with Gasteiger partial charge in [0.25, 0.3) is 5.91 Å². The summed E-state index contributed by atoms with van der Waals surface area (Å²) < 4.78 is 5.45. The van der Waals surface area contributed by atoms with Crippen LogP contribution in [-0.2, 0) is 9.53 Å². The van der Waals surface area contributed by atoms with Gasteiger partial charge in [-0.05, 0) is 29.9 Å². The van der Waals surface area contributed by atoms with Gasteiger partial charge in [0.1, 0.15) is 0 Å². The number of hydrogen-bond acceptors (Lipinski definition) is 3. The molecule has 1 fully saturated rings. The molecule has 24 heavy (non-hydrogen) atoms. The second-order valence-electron chi connectivity index (χ2n) is 6.16. The van der Waals surface area contributed by atoms with Crippen molar-refractivity contribution >= 4 is 5.91 Å². The zero-order chi connectivity index (χ0) is 16.8. The zero-order valence-electron chi connectivity index (χ0n) is 13.6. The highest BCUT2D eigenvalue weighted by molar-refractivity contribution is 5.82. The van der Waals surface area contributed by atoms with Crippen molar-refractivity contribution < 1.29 is 14.6 Å². The van der Waals surface area contributed by atoms with Gasteiger partial charge in [-0.1, -0.05) is 60.7 Å². The lowest BCUT2D eigenvalue weighted by Crippen LogP contribution is -2.38. The Bertz CT molecular complexity index is 638. The molecule has 1 aliphatic rings. The van der Waals surface area contributed by atoms with Crippen molar-refractivity contribution in [2.75, 3.05) is 13.2 Å². The number of aliphatic hydroxyl groups is 1. The molecule has 0 bridgehead atoms. The van der Waals surface area contributed by atoms with Crippen LogP contribution >= 0.6 is 0 Å². The van der Waals surface area contributed by atoms with E-state index in [1.54, 1.807) is 12.1 Å². The van der Waals surface area contributed by atoms with Crippen molar-refractivity contribution in [2.24, 2.45) is 5.92 Å². The predicted molar refractivity (Wildman–Crippen MR) is 92.3 cm³/mol. The van der Waals surface area contributed by atoms with Crippen molar-refractivity contribution in [3.8, 4) is 0 Å². The van der Waals surface area contributed by atoms with E-state index in [9.17, 15) is 9.90 Å². The summed E-state index contributed by atoms with van der Waals surface area (Å²) in [6.45, 7) is 1.43. The number of carbonyl (C=O) groups is 1. The maximum Gasteiger partial charge on any atom is 0.253 e. The van der Waals surface area contributed by atoms with E-state index in [0.29, 0.717) is 24.7 Å². The number of nitrogens with one attached hydrogen (secondary N) is 1. The normalized spacial score (nSPS) is 17.9. The van der Waals surface area contributed by atoms with Gasteiger partial charge in [-0.15, -0.1) is 0 Å². The fourth-order valence-corrected chi connectivity index (χ4v) is 3.20. The van der Waals surface area contributed by atoms with Gasteiger partial charge in [-0.3, -0.25) is 4.79 Å². The van der Waals surface area contributed by atoms with E-state index in [1.807, 2.05) is 48.5 Å². The van der Waals surface area contributed by atoms with Crippen molar-refractivity contribution in [1.29, 1.82) is 0 Å². The maximum absolute atomic E-state index is 12.6. The molecule has 2 aromatic carbocycles. The van der Waals surface area contributed by atoms with Crippen LogP contribution in [0, 0.1) is 5.92 Å². The maximum atomic E-state index is 12.6. The Labute approximate surface area is 142 Å². The summed E-state index contributed by atoms with van der Waals surface area (Å²) in [5.74, 6) is -0.0466. The van der Waals surface area contributed by atoms with Crippen molar-refractivity contribution in [1.82, 2.24) is 5.32 Å². The number of hydrogen-bond donors (Lipinski definition) is 2. The zero-order valence-corrected chi connectivity index (χ0v) is 13.6. The number of aliphatic hydroxyl groups excluding tert-OH is 1. The minimum atomic E-state index is -1.16. The van der Waals surface area contributed by atoms with Gasteiger partial charge in [0.2, 0.25) is 0 Å². The topological polar surface area (TPSA) is 58.6 Å². The van der Waals surface area contributed by atoms with E-state index >= 15 is 0 Å². The summed E-state index contributed by atoms with van der Waals surface area (Å²) in [4.78, 5) is 12.6. The number of carbonyl (C=O) groups excluding carboxylic acids is 1. The van der Waals surface area contributed by atoms with Gasteiger partial charge in [-0.2, -0.15) is 0 Å². The van der Waals surface area contributed by atoms with Crippen molar-refractivity contribution in [3.05, 3.63) is 71.8 Å². The lowest BCUT2D eigenvalue weighted by Gasteiger charge is -2.32. The molecule has 1 saturated heterocycles. The van der Waals surface area contributed by atoms with Crippen LogP contribution in [-0.4, -0.2) is 24.2 Å². The second kappa shape index (κ2) is 8.08. The van der Waals surface area contributed by atoms with Crippen LogP contribution in [0.2, 0.25) is 0 Å². The molecule has 1 amide bonds. The summed E-state index contributed by atoms with van der Waals surface area (Å²) in [6, 6.07) is 18.9. The van der Waals surface area contributed by atoms with Crippen LogP contribution in [0.25, 0.3) is 0 Å². The Morgan fingerprint density at radius 2 is 1.50 bits per heavy atom. The number of rotatable bonds is 5. The molecule has 0 spiro atoms. The summed E-state index contributed by atoms with van der Waals surface area (Å²) in [5.41, 5.74) is 1.67. The average molecular weight is 325 g/mol. The van der Waals surface area contributed by atoms with Crippen molar-refractivity contribution in [3.63, 3.8) is 0 Å². The Hall–Kier alpha value is -2.17. The predicted octanol–water partition coefficient (Wildman–Crippen LogP) is 3.00. The van der Waals surface area contributed by atoms with Crippen LogP contribution in [0.3, 0.4) is 0 Å². The summed E-state index contributed by atoms with van der Waals surface area (Å²) in [6.07, 6.45) is 0.653. The second-order valence-corrected chi connectivity index (χ2v) is 6.16. The molecule has 1 heterocycles. The molecule has 2 aromatic rings. The molecule has 0 saturated carbocycles. The van der Waals surface area contributed by atoms with E-state index in [-0.39, 0.29) is 11.9 Å². The van der Waals surface area contributed by atoms with Gasteiger partial charge >= 0.3 is 0 Å². The molecule has 4 heteroatoms. The Balaban J connectivity index is 1.77. The standard InChI is InChI=1S/C20H23NO3/c22-19(17-9-5-2-6-10-17)20(23)21-18(15-7-3-1-4-8-15)16-11-13-24-14-12-16/h1-10,16,18-19,22H,11-14H2,(H,21,23)/t18-,19+/m0/s1. The molecular weight excluding hydrogens is 302 g/mol. The van der Waals surface area contributed by atoms with E-state index in [0.717, 1.165) is 18.4 Å². The molecule has 0 radical (unpaired) electrons. The monoisotopic (exact) mass is 325 g/mol. The highest BCUT2D eigenvalue weighted by Gasteiger charge is 2.29. The lowest BCUT2D eigenvalue weighted by atomic mass is 9.87. The fourth-order valence-electron chi connectivity index (χ4n) is 3.20. The molecule has 0 aliphatic carbocycles. The number of benzene rings is 2. The largest absolute Gasteiger partial charge is 0.381 e. The van der Waals surface area contributed by atoms with Gasteiger partial charge in [0, 0.05) is 13.2 Å². The molecular formula is C20H23NO3. The minimum Gasteiger partial charge on any atom is -0.381 e. The highest BCUT2D eigenvalue weighted by atomic mass is 16.5. The Morgan fingerprint density at radius 1 is 0.958 bits per heavy atom. The summed E-state index contributed by atoms with van der Waals surface area (Å²) in [7, 11) is 0. The third kappa shape index (κ3) is 4.02. The molecule has 3 rings (SSSR count). The molecule has 2 N–H and O–H groups in total. The van der Waals surface area contributed by atoms with Gasteiger partial charge in [0.15, 0.2) is 6.10 Å². The Kier molecular flexibility index (Phi) is 5.62. The lowest BCUT2D eigenvalue weighted by molar-refractivity contribution is -0.131. The van der Waals surface area contributed by atoms with Crippen LogP contribution in [0.1, 0.15) is 36.1 Å². The van der Waals surface area contributed by atoms with Crippen LogP contribution in [0.4, 0.5) is 0 Å². The molecule has 0 aromatic heterocycles. The quantitative estimate of drug-likeness (QED) is 0.888. The summed E-state index contributed by atoms with van der Waals surface area (Å²) in [5, 5.41) is 13.4. The Morgan fingerprint density at radius 3 is 2.08 bits per heavy atom. The first-order valence-corrected chi connectivity index (χ1v) is 8.42. The van der Waals surface area contributed by atoms with Crippen LogP contribution in [0.15, 0.2) is 60.7 Å². The van der Waals surface area contributed by atoms with E-state index in [4.69, 9.17) is 4.74 Å². The highest BCUT2D eigenvalue weighted by Crippen LogP contribution is 2.30. The minimum absolute atomic E-state index is 0.110. The molecule has 2 atom stereocenters. The smallest absolute Gasteiger partial charge is 0.253 e. The van der Waals surface area contributed by atoms with E-state index in [2.05, 4.69) is 5.32 Å². The van der Waals surface area contributed by atoms with Gasteiger partial charge in [-0.25, -0.2) is 0 Å². The summed E-state index contributed by atoms with van der Waals surface area (Å²) >= 11 is 0. The third-order valence-corrected chi connectivity index (χ3v) is 4.56. The number of ether oxygens (including phenoxy) is 1. The first-order chi connectivity index (χ1) is 11.8.